The van der Waals surface area contributed by atoms with E-state index in [4.69, 9.17) is 4.42 Å². The van der Waals surface area contributed by atoms with Gasteiger partial charge in [0, 0.05) is 0 Å². The monoisotopic (exact) mass is 224 g/mol. The summed E-state index contributed by atoms with van der Waals surface area (Å²) in [6.07, 6.45) is 1.31. The molecule has 0 saturated heterocycles. The maximum atomic E-state index is 13.4. The first-order valence-electron chi connectivity index (χ1n) is 4.76. The average molecular weight is 224 g/mol. The van der Waals surface area contributed by atoms with E-state index >= 15 is 0 Å². The molecule has 0 saturated carbocycles. The van der Waals surface area contributed by atoms with Crippen LogP contribution in [0.25, 0.3) is 11.3 Å². The number of halogens is 2. The standard InChI is InChI=1S/C11H10F2N2O/c1-14-6-10-15-5-9(16-10)11-7(12)3-2-4-8(11)13/h2-5,14H,6H2,1H3. The lowest BCUT2D eigenvalue weighted by atomic mass is 10.1. The van der Waals surface area contributed by atoms with Crippen LogP contribution in [0.1, 0.15) is 5.89 Å². The number of benzene rings is 1. The summed E-state index contributed by atoms with van der Waals surface area (Å²) in [6, 6.07) is 3.66. The third-order valence-corrected chi connectivity index (χ3v) is 2.09. The number of hydrogen-bond acceptors (Lipinski definition) is 3. The highest BCUT2D eigenvalue weighted by Crippen LogP contribution is 2.26. The number of aromatic nitrogens is 1. The summed E-state index contributed by atoms with van der Waals surface area (Å²) >= 11 is 0. The highest BCUT2D eigenvalue weighted by molar-refractivity contribution is 5.57. The fourth-order valence-corrected chi connectivity index (χ4v) is 1.39. The first-order valence-corrected chi connectivity index (χ1v) is 4.76. The van der Waals surface area contributed by atoms with Crippen molar-refractivity contribution < 1.29 is 13.2 Å². The molecule has 0 radical (unpaired) electrons. The van der Waals surface area contributed by atoms with Gasteiger partial charge in [0.2, 0.25) is 5.89 Å². The molecule has 2 aromatic rings. The average Bonchev–Trinajstić information content (AvgIpc) is 2.67. The summed E-state index contributed by atoms with van der Waals surface area (Å²) in [7, 11) is 1.73. The summed E-state index contributed by atoms with van der Waals surface area (Å²) in [5, 5.41) is 2.83. The smallest absolute Gasteiger partial charge is 0.208 e. The van der Waals surface area contributed by atoms with Crippen molar-refractivity contribution in [3.63, 3.8) is 0 Å². The molecule has 16 heavy (non-hydrogen) atoms. The summed E-state index contributed by atoms with van der Waals surface area (Å²) in [6.45, 7) is 0.413. The highest BCUT2D eigenvalue weighted by atomic mass is 19.1. The molecule has 0 aliphatic heterocycles. The number of hydrogen-bond donors (Lipinski definition) is 1. The Hall–Kier alpha value is -1.75. The van der Waals surface area contributed by atoms with Crippen LogP contribution in [-0.2, 0) is 6.54 Å². The Morgan fingerprint density at radius 2 is 2.00 bits per heavy atom. The van der Waals surface area contributed by atoms with E-state index in [9.17, 15) is 8.78 Å². The summed E-state index contributed by atoms with van der Waals surface area (Å²) in [5.41, 5.74) is -0.183. The molecular weight excluding hydrogens is 214 g/mol. The first-order chi connectivity index (χ1) is 7.72. The van der Waals surface area contributed by atoms with E-state index in [1.165, 1.54) is 24.4 Å². The van der Waals surface area contributed by atoms with Gasteiger partial charge in [-0.25, -0.2) is 13.8 Å². The Kier molecular flexibility index (Phi) is 2.96. The third kappa shape index (κ3) is 1.94. The zero-order chi connectivity index (χ0) is 11.5. The van der Waals surface area contributed by atoms with Crippen LogP contribution < -0.4 is 5.32 Å². The van der Waals surface area contributed by atoms with Crippen molar-refractivity contribution in [1.82, 2.24) is 10.3 Å². The Morgan fingerprint density at radius 1 is 1.31 bits per heavy atom. The molecular formula is C11H10F2N2O. The Bertz CT molecular complexity index is 476. The van der Waals surface area contributed by atoms with Crippen LogP contribution in [0.3, 0.4) is 0 Å². The number of rotatable bonds is 3. The van der Waals surface area contributed by atoms with E-state index in [-0.39, 0.29) is 11.3 Å². The van der Waals surface area contributed by atoms with Gasteiger partial charge in [0.15, 0.2) is 5.76 Å². The van der Waals surface area contributed by atoms with Gasteiger partial charge in [-0.05, 0) is 19.2 Å². The van der Waals surface area contributed by atoms with Crippen molar-refractivity contribution in [3.8, 4) is 11.3 Å². The molecule has 0 bridgehead atoms. The predicted molar refractivity (Wildman–Crippen MR) is 54.6 cm³/mol. The van der Waals surface area contributed by atoms with Crippen molar-refractivity contribution in [2.45, 2.75) is 6.54 Å². The SMILES string of the molecule is CNCc1ncc(-c2c(F)cccc2F)o1. The van der Waals surface area contributed by atoms with Crippen LogP contribution in [-0.4, -0.2) is 12.0 Å². The van der Waals surface area contributed by atoms with Crippen LogP contribution in [0.15, 0.2) is 28.8 Å². The molecule has 0 fully saturated rings. The van der Waals surface area contributed by atoms with Gasteiger partial charge in [0.25, 0.3) is 0 Å². The quantitative estimate of drug-likeness (QED) is 0.869. The van der Waals surface area contributed by atoms with Crippen molar-refractivity contribution in [2.75, 3.05) is 7.05 Å². The maximum Gasteiger partial charge on any atom is 0.208 e. The lowest BCUT2D eigenvalue weighted by Crippen LogP contribution is -2.04. The van der Waals surface area contributed by atoms with Gasteiger partial charge in [-0.15, -0.1) is 0 Å². The predicted octanol–water partition coefficient (Wildman–Crippen LogP) is 2.34. The molecule has 0 amide bonds. The van der Waals surface area contributed by atoms with Gasteiger partial charge in [0.1, 0.15) is 11.6 Å². The molecule has 5 heteroatoms. The molecule has 1 N–H and O–H groups in total. The fraction of sp³-hybridized carbons (Fsp3) is 0.182. The van der Waals surface area contributed by atoms with E-state index in [2.05, 4.69) is 10.3 Å². The molecule has 0 spiro atoms. The minimum Gasteiger partial charge on any atom is -0.439 e. The number of nitrogens with zero attached hydrogens (tertiary/aromatic N) is 1. The minimum absolute atomic E-state index is 0.0980. The zero-order valence-electron chi connectivity index (χ0n) is 8.63. The maximum absolute atomic E-state index is 13.4. The molecule has 0 aliphatic carbocycles. The third-order valence-electron chi connectivity index (χ3n) is 2.09. The second-order valence-corrected chi connectivity index (χ2v) is 3.25. The number of oxazole rings is 1. The Balaban J connectivity index is 2.42. The van der Waals surface area contributed by atoms with Gasteiger partial charge in [-0.2, -0.15) is 0 Å². The molecule has 3 nitrogen and oxygen atoms in total. The fourth-order valence-electron chi connectivity index (χ4n) is 1.39. The van der Waals surface area contributed by atoms with Gasteiger partial charge < -0.3 is 9.73 Å². The summed E-state index contributed by atoms with van der Waals surface area (Å²) in [4.78, 5) is 3.90. The minimum atomic E-state index is -0.660. The van der Waals surface area contributed by atoms with Crippen LogP contribution in [0.2, 0.25) is 0 Å². The highest BCUT2D eigenvalue weighted by Gasteiger charge is 2.15. The van der Waals surface area contributed by atoms with Crippen molar-refractivity contribution in [1.29, 1.82) is 0 Å². The van der Waals surface area contributed by atoms with Gasteiger partial charge in [0.05, 0.1) is 18.3 Å². The van der Waals surface area contributed by atoms with Crippen LogP contribution in [0.5, 0.6) is 0 Å². The van der Waals surface area contributed by atoms with Gasteiger partial charge in [-0.1, -0.05) is 6.07 Å². The molecule has 0 aliphatic rings. The van der Waals surface area contributed by atoms with Crippen LogP contribution in [0, 0.1) is 11.6 Å². The second kappa shape index (κ2) is 4.40. The van der Waals surface area contributed by atoms with E-state index in [1.54, 1.807) is 7.05 Å². The summed E-state index contributed by atoms with van der Waals surface area (Å²) in [5.74, 6) is -0.833. The van der Waals surface area contributed by atoms with Crippen molar-refractivity contribution in [2.24, 2.45) is 0 Å². The molecule has 1 heterocycles. The van der Waals surface area contributed by atoms with Gasteiger partial charge >= 0.3 is 0 Å². The Labute approximate surface area is 91.1 Å². The van der Waals surface area contributed by atoms with Crippen molar-refractivity contribution >= 4 is 0 Å². The van der Waals surface area contributed by atoms with Gasteiger partial charge in [-0.3, -0.25) is 0 Å². The van der Waals surface area contributed by atoms with Crippen LogP contribution >= 0.6 is 0 Å². The molecule has 1 aromatic heterocycles. The van der Waals surface area contributed by atoms with E-state index in [0.29, 0.717) is 12.4 Å². The molecule has 1 aromatic carbocycles. The lowest BCUT2D eigenvalue weighted by Gasteiger charge is -2.00. The molecule has 84 valence electrons. The van der Waals surface area contributed by atoms with E-state index in [1.807, 2.05) is 0 Å². The normalized spacial score (nSPS) is 10.7. The number of nitrogens with one attached hydrogen (secondary N) is 1. The van der Waals surface area contributed by atoms with E-state index in [0.717, 1.165) is 0 Å². The molecule has 0 atom stereocenters. The largest absolute Gasteiger partial charge is 0.439 e. The van der Waals surface area contributed by atoms with Crippen LogP contribution in [0.4, 0.5) is 8.78 Å². The first kappa shape index (κ1) is 10.8. The molecule has 2 rings (SSSR count). The topological polar surface area (TPSA) is 38.1 Å². The second-order valence-electron chi connectivity index (χ2n) is 3.25. The van der Waals surface area contributed by atoms with E-state index < -0.39 is 11.6 Å². The summed E-state index contributed by atoms with van der Waals surface area (Å²) < 4.78 is 32.0. The zero-order valence-corrected chi connectivity index (χ0v) is 8.63. The van der Waals surface area contributed by atoms with Crippen molar-refractivity contribution in [3.05, 3.63) is 41.9 Å². The molecule has 0 unspecified atom stereocenters. The lowest BCUT2D eigenvalue weighted by molar-refractivity contribution is 0.483. The Morgan fingerprint density at radius 3 is 2.62 bits per heavy atom.